The van der Waals surface area contributed by atoms with Gasteiger partial charge in [0.25, 0.3) is 11.8 Å². The molecular formula is C28H23BrN2O3. The first-order valence-corrected chi connectivity index (χ1v) is 11.6. The highest BCUT2D eigenvalue weighted by Crippen LogP contribution is 2.25. The summed E-state index contributed by atoms with van der Waals surface area (Å²) in [5.41, 5.74) is 2.40. The lowest BCUT2D eigenvalue weighted by Gasteiger charge is -2.16. The Labute approximate surface area is 206 Å². The summed E-state index contributed by atoms with van der Waals surface area (Å²) < 4.78 is 6.91. The first-order valence-electron chi connectivity index (χ1n) is 10.8. The molecule has 0 fully saturated rings. The van der Waals surface area contributed by atoms with Crippen LogP contribution in [0.15, 0.2) is 112 Å². The Kier molecular flexibility index (Phi) is 7.40. The number of carbonyl (C=O) groups excluding carboxylic acids is 2. The molecule has 0 spiro atoms. The Hall–Kier alpha value is -3.90. The fraction of sp³-hybridized carbons (Fsp3) is 0.0714. The molecule has 0 aliphatic carbocycles. The van der Waals surface area contributed by atoms with Crippen LogP contribution in [-0.2, 0) is 4.79 Å². The van der Waals surface area contributed by atoms with Gasteiger partial charge in [0.2, 0.25) is 0 Å². The molecule has 0 saturated carbocycles. The highest BCUT2D eigenvalue weighted by atomic mass is 79.9. The molecule has 2 amide bonds. The van der Waals surface area contributed by atoms with Gasteiger partial charge in [-0.25, -0.2) is 0 Å². The van der Waals surface area contributed by atoms with Crippen molar-refractivity contribution in [2.75, 3.05) is 0 Å². The van der Waals surface area contributed by atoms with Gasteiger partial charge in [0.05, 0.1) is 6.04 Å². The van der Waals surface area contributed by atoms with Gasteiger partial charge in [0.15, 0.2) is 0 Å². The average Bonchev–Trinajstić information content (AvgIpc) is 3.33. The van der Waals surface area contributed by atoms with E-state index in [1.165, 1.54) is 6.08 Å². The molecule has 1 unspecified atom stereocenters. The molecule has 0 aliphatic heterocycles. The molecule has 1 aromatic heterocycles. The van der Waals surface area contributed by atoms with Gasteiger partial charge in [-0.15, -0.1) is 0 Å². The van der Waals surface area contributed by atoms with E-state index >= 15 is 0 Å². The number of hydrogen-bond donors (Lipinski definition) is 2. The van der Waals surface area contributed by atoms with E-state index in [-0.39, 0.29) is 17.6 Å². The molecular weight excluding hydrogens is 492 g/mol. The van der Waals surface area contributed by atoms with Crippen molar-refractivity contribution in [2.45, 2.75) is 13.0 Å². The average molecular weight is 515 g/mol. The van der Waals surface area contributed by atoms with Crippen LogP contribution >= 0.6 is 15.9 Å². The van der Waals surface area contributed by atoms with Crippen molar-refractivity contribution in [2.24, 2.45) is 0 Å². The Bertz CT molecular complexity index is 1300. The molecule has 0 saturated heterocycles. The molecule has 0 aliphatic rings. The largest absolute Gasteiger partial charge is 0.457 e. The van der Waals surface area contributed by atoms with Crippen LogP contribution in [0.1, 0.15) is 34.6 Å². The number of hydrogen-bond acceptors (Lipinski definition) is 3. The number of amides is 2. The van der Waals surface area contributed by atoms with E-state index in [4.69, 9.17) is 4.42 Å². The molecule has 5 nitrogen and oxygen atoms in total. The zero-order chi connectivity index (χ0) is 23.9. The number of carbonyl (C=O) groups is 2. The zero-order valence-corrected chi connectivity index (χ0v) is 20.1. The zero-order valence-electron chi connectivity index (χ0n) is 18.5. The summed E-state index contributed by atoms with van der Waals surface area (Å²) in [6, 6.07) is 29.4. The predicted octanol–water partition coefficient (Wildman–Crippen LogP) is 6.36. The monoisotopic (exact) mass is 514 g/mol. The number of rotatable bonds is 7. The van der Waals surface area contributed by atoms with Gasteiger partial charge in [0.1, 0.15) is 17.2 Å². The maximum atomic E-state index is 13.2. The predicted molar refractivity (Wildman–Crippen MR) is 137 cm³/mol. The summed E-state index contributed by atoms with van der Waals surface area (Å²) >= 11 is 3.43. The van der Waals surface area contributed by atoms with Crippen LogP contribution in [0.5, 0.6) is 0 Å². The molecule has 34 heavy (non-hydrogen) atoms. The Morgan fingerprint density at radius 1 is 0.853 bits per heavy atom. The van der Waals surface area contributed by atoms with Gasteiger partial charge in [-0.05, 0) is 48.9 Å². The van der Waals surface area contributed by atoms with Gasteiger partial charge in [0, 0.05) is 21.7 Å². The van der Waals surface area contributed by atoms with Gasteiger partial charge in [-0.2, -0.15) is 0 Å². The maximum absolute atomic E-state index is 13.2. The standard InChI is InChI=1S/C28H23BrN2O3/c1-19(20-8-4-2-5-9-20)30-28(33)25(31-27(32)22-10-6-3-7-11-22)18-24-16-17-26(34-24)21-12-14-23(29)15-13-21/h2-19H,1H3,(H,30,33)(H,31,32). The summed E-state index contributed by atoms with van der Waals surface area (Å²) in [7, 11) is 0. The molecule has 6 heteroatoms. The van der Waals surface area contributed by atoms with Crippen molar-refractivity contribution >= 4 is 33.8 Å². The van der Waals surface area contributed by atoms with Gasteiger partial charge < -0.3 is 15.1 Å². The van der Waals surface area contributed by atoms with Crippen molar-refractivity contribution in [1.82, 2.24) is 10.6 Å². The van der Waals surface area contributed by atoms with Gasteiger partial charge >= 0.3 is 0 Å². The Morgan fingerprint density at radius 2 is 1.50 bits per heavy atom. The highest BCUT2D eigenvalue weighted by Gasteiger charge is 2.18. The van der Waals surface area contributed by atoms with E-state index in [0.29, 0.717) is 17.1 Å². The fourth-order valence-corrected chi connectivity index (χ4v) is 3.65. The second-order valence-electron chi connectivity index (χ2n) is 7.69. The third-order valence-corrected chi connectivity index (χ3v) is 5.75. The molecule has 1 heterocycles. The van der Waals surface area contributed by atoms with E-state index in [2.05, 4.69) is 26.6 Å². The quantitative estimate of drug-likeness (QED) is 0.282. The first-order chi connectivity index (χ1) is 16.5. The molecule has 2 N–H and O–H groups in total. The van der Waals surface area contributed by atoms with Crippen LogP contribution in [0.4, 0.5) is 0 Å². The SMILES string of the molecule is CC(NC(=O)C(=Cc1ccc(-c2ccc(Br)cc2)o1)NC(=O)c1ccccc1)c1ccccc1. The van der Waals surface area contributed by atoms with Crippen LogP contribution in [0, 0.1) is 0 Å². The lowest BCUT2D eigenvalue weighted by molar-refractivity contribution is -0.118. The van der Waals surface area contributed by atoms with Gasteiger partial charge in [-0.3, -0.25) is 9.59 Å². The molecule has 4 rings (SSSR count). The molecule has 0 radical (unpaired) electrons. The second kappa shape index (κ2) is 10.8. The van der Waals surface area contributed by atoms with Crippen LogP contribution < -0.4 is 10.6 Å². The van der Waals surface area contributed by atoms with Crippen LogP contribution in [0.25, 0.3) is 17.4 Å². The minimum absolute atomic E-state index is 0.0911. The number of benzene rings is 3. The molecule has 170 valence electrons. The van der Waals surface area contributed by atoms with E-state index in [1.54, 1.807) is 30.3 Å². The fourth-order valence-electron chi connectivity index (χ4n) is 3.38. The minimum atomic E-state index is -0.415. The van der Waals surface area contributed by atoms with E-state index in [9.17, 15) is 9.59 Å². The van der Waals surface area contributed by atoms with Crippen LogP contribution in [-0.4, -0.2) is 11.8 Å². The van der Waals surface area contributed by atoms with Crippen molar-refractivity contribution in [1.29, 1.82) is 0 Å². The number of halogens is 1. The van der Waals surface area contributed by atoms with Crippen LogP contribution in [0.3, 0.4) is 0 Å². The summed E-state index contributed by atoms with van der Waals surface area (Å²) in [5.74, 6) is 0.311. The summed E-state index contributed by atoms with van der Waals surface area (Å²) in [6.45, 7) is 1.89. The topological polar surface area (TPSA) is 71.3 Å². The van der Waals surface area contributed by atoms with E-state index in [0.717, 1.165) is 15.6 Å². The first kappa shape index (κ1) is 23.3. The Morgan fingerprint density at radius 3 is 2.18 bits per heavy atom. The molecule has 3 aromatic carbocycles. The summed E-state index contributed by atoms with van der Waals surface area (Å²) in [4.78, 5) is 26.0. The molecule has 4 aromatic rings. The van der Waals surface area contributed by atoms with Crippen LogP contribution in [0.2, 0.25) is 0 Å². The highest BCUT2D eigenvalue weighted by molar-refractivity contribution is 9.10. The molecule has 0 bridgehead atoms. The minimum Gasteiger partial charge on any atom is -0.457 e. The van der Waals surface area contributed by atoms with Crippen molar-refractivity contribution < 1.29 is 14.0 Å². The number of nitrogens with one attached hydrogen (secondary N) is 2. The maximum Gasteiger partial charge on any atom is 0.268 e. The van der Waals surface area contributed by atoms with Crippen molar-refractivity contribution in [3.05, 3.63) is 124 Å². The molecule has 1 atom stereocenters. The Balaban J connectivity index is 1.60. The van der Waals surface area contributed by atoms with Crippen molar-refractivity contribution in [3.63, 3.8) is 0 Å². The number of furan rings is 1. The van der Waals surface area contributed by atoms with Gasteiger partial charge in [-0.1, -0.05) is 76.6 Å². The third-order valence-electron chi connectivity index (χ3n) is 5.22. The van der Waals surface area contributed by atoms with Crippen molar-refractivity contribution in [3.8, 4) is 11.3 Å². The summed E-state index contributed by atoms with van der Waals surface area (Å²) in [5, 5.41) is 5.69. The summed E-state index contributed by atoms with van der Waals surface area (Å²) in [6.07, 6.45) is 1.54. The third kappa shape index (κ3) is 5.91. The smallest absolute Gasteiger partial charge is 0.268 e. The van der Waals surface area contributed by atoms with E-state index in [1.807, 2.05) is 73.7 Å². The second-order valence-corrected chi connectivity index (χ2v) is 8.61. The normalized spacial score (nSPS) is 12.1. The lowest BCUT2D eigenvalue weighted by atomic mass is 10.1. The lowest BCUT2D eigenvalue weighted by Crippen LogP contribution is -2.36. The van der Waals surface area contributed by atoms with E-state index < -0.39 is 5.91 Å².